The Morgan fingerprint density at radius 3 is 2.62 bits per heavy atom. The lowest BCUT2D eigenvalue weighted by Crippen LogP contribution is -2.00. The maximum Gasteiger partial charge on any atom is 0.308 e. The Hall–Kier alpha value is -0.900. The lowest BCUT2D eigenvalue weighted by Gasteiger charge is -2.02. The highest BCUT2D eigenvalue weighted by Gasteiger charge is 2.14. The van der Waals surface area contributed by atoms with Crippen LogP contribution >= 0.6 is 34.8 Å². The van der Waals surface area contributed by atoms with Crippen molar-refractivity contribution in [3.05, 3.63) is 27.3 Å². The molecule has 6 heteroatoms. The van der Waals surface area contributed by atoms with Crippen molar-refractivity contribution in [1.82, 2.24) is 4.98 Å². The zero-order chi connectivity index (χ0) is 11.9. The van der Waals surface area contributed by atoms with Crippen molar-refractivity contribution in [1.29, 1.82) is 0 Å². The third-order valence-electron chi connectivity index (χ3n) is 2.03. The van der Waals surface area contributed by atoms with Crippen LogP contribution in [-0.4, -0.2) is 11.0 Å². The molecule has 1 heterocycles. The summed E-state index contributed by atoms with van der Waals surface area (Å²) in [6.45, 7) is 1.32. The van der Waals surface area contributed by atoms with E-state index in [4.69, 9.17) is 39.5 Å². The zero-order valence-electron chi connectivity index (χ0n) is 8.11. The molecular formula is C10H6Cl3NO2. The van der Waals surface area contributed by atoms with Gasteiger partial charge < -0.3 is 9.72 Å². The molecule has 0 aliphatic heterocycles. The average Bonchev–Trinajstić information content (AvgIpc) is 2.58. The molecule has 0 radical (unpaired) electrons. The van der Waals surface area contributed by atoms with Crippen molar-refractivity contribution in [3.8, 4) is 5.75 Å². The number of fused-ring (bicyclic) bond motifs is 1. The van der Waals surface area contributed by atoms with Gasteiger partial charge in [-0.25, -0.2) is 0 Å². The average molecular weight is 279 g/mol. The first-order chi connectivity index (χ1) is 7.50. The standard InChI is InChI=1S/C10H6Cl3NO2/c1-4(15)16-7-3-14-10-5(7)2-6(11)8(12)9(10)13/h2-3,14H,1H3. The van der Waals surface area contributed by atoms with Crippen molar-refractivity contribution < 1.29 is 9.53 Å². The summed E-state index contributed by atoms with van der Waals surface area (Å²) < 4.78 is 4.99. The van der Waals surface area contributed by atoms with Gasteiger partial charge in [-0.1, -0.05) is 34.8 Å². The number of halogens is 3. The van der Waals surface area contributed by atoms with Crippen molar-refractivity contribution >= 4 is 51.7 Å². The monoisotopic (exact) mass is 277 g/mol. The number of carbonyl (C=O) groups excluding carboxylic acids is 1. The molecule has 0 spiro atoms. The number of carbonyl (C=O) groups is 1. The lowest BCUT2D eigenvalue weighted by molar-refractivity contribution is -0.131. The van der Waals surface area contributed by atoms with Crippen molar-refractivity contribution in [3.63, 3.8) is 0 Å². The fraction of sp³-hybridized carbons (Fsp3) is 0.100. The molecular weight excluding hydrogens is 272 g/mol. The number of esters is 1. The van der Waals surface area contributed by atoms with Crippen LogP contribution in [-0.2, 0) is 4.79 Å². The van der Waals surface area contributed by atoms with Gasteiger partial charge in [0.15, 0.2) is 5.75 Å². The van der Waals surface area contributed by atoms with Crippen LogP contribution in [0.3, 0.4) is 0 Å². The van der Waals surface area contributed by atoms with Gasteiger partial charge in [-0.3, -0.25) is 4.79 Å². The van der Waals surface area contributed by atoms with Crippen LogP contribution in [0.5, 0.6) is 5.75 Å². The van der Waals surface area contributed by atoms with Crippen LogP contribution in [0, 0.1) is 0 Å². The molecule has 1 N–H and O–H groups in total. The molecule has 1 aromatic heterocycles. The number of rotatable bonds is 1. The van der Waals surface area contributed by atoms with E-state index in [1.807, 2.05) is 0 Å². The summed E-state index contributed by atoms with van der Waals surface area (Å²) in [4.78, 5) is 13.7. The Labute approximate surface area is 106 Å². The molecule has 2 aromatic rings. The topological polar surface area (TPSA) is 42.1 Å². The third kappa shape index (κ3) is 1.86. The van der Waals surface area contributed by atoms with E-state index < -0.39 is 5.97 Å². The van der Waals surface area contributed by atoms with Crippen LogP contribution in [0.1, 0.15) is 6.92 Å². The number of aromatic nitrogens is 1. The van der Waals surface area contributed by atoms with Crippen LogP contribution in [0.4, 0.5) is 0 Å². The molecule has 0 bridgehead atoms. The Morgan fingerprint density at radius 1 is 1.31 bits per heavy atom. The fourth-order valence-corrected chi connectivity index (χ4v) is 2.04. The smallest absolute Gasteiger partial charge is 0.308 e. The highest BCUT2D eigenvalue weighted by molar-refractivity contribution is 6.50. The molecule has 0 fully saturated rings. The van der Waals surface area contributed by atoms with Gasteiger partial charge in [0, 0.05) is 18.5 Å². The summed E-state index contributed by atoms with van der Waals surface area (Å²) in [7, 11) is 0. The van der Waals surface area contributed by atoms with E-state index in [-0.39, 0.29) is 5.02 Å². The molecule has 0 amide bonds. The second kappa shape index (κ2) is 4.17. The van der Waals surface area contributed by atoms with Gasteiger partial charge in [0.2, 0.25) is 0 Å². The predicted molar refractivity (Wildman–Crippen MR) is 64.6 cm³/mol. The Kier molecular flexibility index (Phi) is 3.02. The normalized spacial score (nSPS) is 10.8. The summed E-state index contributed by atoms with van der Waals surface area (Å²) in [5, 5.41) is 1.51. The number of H-pyrrole nitrogens is 1. The SMILES string of the molecule is CC(=O)Oc1c[nH]c2c(Cl)c(Cl)c(Cl)cc12. The Morgan fingerprint density at radius 2 is 2.00 bits per heavy atom. The van der Waals surface area contributed by atoms with Crippen LogP contribution in [0.15, 0.2) is 12.3 Å². The molecule has 0 saturated carbocycles. The summed E-state index contributed by atoms with van der Waals surface area (Å²) >= 11 is 17.8. The van der Waals surface area contributed by atoms with E-state index in [0.717, 1.165) is 0 Å². The predicted octanol–water partition coefficient (Wildman–Crippen LogP) is 4.05. The molecule has 3 nitrogen and oxygen atoms in total. The summed E-state index contributed by atoms with van der Waals surface area (Å²) in [5.74, 6) is -0.0361. The first-order valence-corrected chi connectivity index (χ1v) is 5.47. The highest BCUT2D eigenvalue weighted by Crippen LogP contribution is 2.39. The number of aromatic amines is 1. The lowest BCUT2D eigenvalue weighted by atomic mass is 10.2. The first-order valence-electron chi connectivity index (χ1n) is 4.33. The Bertz CT molecular complexity index is 577. The molecule has 1 aromatic carbocycles. The quantitative estimate of drug-likeness (QED) is 0.631. The summed E-state index contributed by atoms with van der Waals surface area (Å²) in [6, 6.07) is 1.60. The summed E-state index contributed by atoms with van der Waals surface area (Å²) in [5.41, 5.74) is 0.590. The number of hydrogen-bond acceptors (Lipinski definition) is 2. The van der Waals surface area contributed by atoms with E-state index >= 15 is 0 Å². The van der Waals surface area contributed by atoms with Gasteiger partial charge in [-0.2, -0.15) is 0 Å². The molecule has 2 rings (SSSR count). The van der Waals surface area contributed by atoms with Crippen LogP contribution < -0.4 is 4.74 Å². The zero-order valence-corrected chi connectivity index (χ0v) is 10.4. The molecule has 0 aliphatic rings. The fourth-order valence-electron chi connectivity index (χ4n) is 1.39. The second-order valence-corrected chi connectivity index (χ2v) is 4.32. The van der Waals surface area contributed by atoms with E-state index in [0.29, 0.717) is 26.7 Å². The first kappa shape index (κ1) is 11.6. The van der Waals surface area contributed by atoms with E-state index in [9.17, 15) is 4.79 Å². The van der Waals surface area contributed by atoms with Gasteiger partial charge in [-0.05, 0) is 6.07 Å². The largest absolute Gasteiger partial charge is 0.424 e. The van der Waals surface area contributed by atoms with Gasteiger partial charge in [0.05, 0.1) is 20.6 Å². The molecule has 0 aliphatic carbocycles. The third-order valence-corrected chi connectivity index (χ3v) is 3.29. The number of ether oxygens (including phenoxy) is 1. The van der Waals surface area contributed by atoms with Crippen LogP contribution in [0.25, 0.3) is 10.9 Å². The molecule has 0 atom stereocenters. The second-order valence-electron chi connectivity index (χ2n) is 3.16. The molecule has 84 valence electrons. The van der Waals surface area contributed by atoms with Gasteiger partial charge in [0.1, 0.15) is 0 Å². The van der Waals surface area contributed by atoms with Crippen LogP contribution in [0.2, 0.25) is 15.1 Å². The molecule has 0 saturated heterocycles. The van der Waals surface area contributed by atoms with Gasteiger partial charge >= 0.3 is 5.97 Å². The highest BCUT2D eigenvalue weighted by atomic mass is 35.5. The maximum absolute atomic E-state index is 10.9. The minimum Gasteiger partial charge on any atom is -0.424 e. The summed E-state index contributed by atoms with van der Waals surface area (Å²) in [6.07, 6.45) is 1.53. The minimum absolute atomic E-state index is 0.270. The minimum atomic E-state index is -0.414. The van der Waals surface area contributed by atoms with Crippen molar-refractivity contribution in [2.75, 3.05) is 0 Å². The molecule has 0 unspecified atom stereocenters. The maximum atomic E-state index is 10.9. The number of hydrogen-bond donors (Lipinski definition) is 1. The number of benzene rings is 1. The molecule has 16 heavy (non-hydrogen) atoms. The Balaban J connectivity index is 2.69. The van der Waals surface area contributed by atoms with E-state index in [1.165, 1.54) is 13.1 Å². The van der Waals surface area contributed by atoms with E-state index in [1.54, 1.807) is 6.07 Å². The van der Waals surface area contributed by atoms with Crippen molar-refractivity contribution in [2.24, 2.45) is 0 Å². The van der Waals surface area contributed by atoms with Gasteiger partial charge in [0.25, 0.3) is 0 Å². The van der Waals surface area contributed by atoms with Gasteiger partial charge in [-0.15, -0.1) is 0 Å². The van der Waals surface area contributed by atoms with E-state index in [2.05, 4.69) is 4.98 Å². The van der Waals surface area contributed by atoms with Crippen molar-refractivity contribution in [2.45, 2.75) is 6.92 Å². The number of nitrogens with one attached hydrogen (secondary N) is 1.